The number of halogens is 1. The molecule has 1 aliphatic heterocycles. The zero-order valence-electron chi connectivity index (χ0n) is 15.5. The fourth-order valence-corrected chi connectivity index (χ4v) is 2.57. The molecule has 1 aromatic rings. The van der Waals surface area contributed by atoms with Crippen molar-refractivity contribution in [3.05, 3.63) is 22.7 Å². The molecule has 23 heavy (non-hydrogen) atoms. The van der Waals surface area contributed by atoms with Gasteiger partial charge < -0.3 is 9.31 Å². The van der Waals surface area contributed by atoms with E-state index in [0.717, 1.165) is 17.0 Å². The van der Waals surface area contributed by atoms with Gasteiger partial charge in [0, 0.05) is 11.3 Å². The molecule has 0 aliphatic carbocycles. The van der Waals surface area contributed by atoms with Gasteiger partial charge >= 0.3 is 7.12 Å². The van der Waals surface area contributed by atoms with Crippen LogP contribution in [0.1, 0.15) is 84.2 Å². The van der Waals surface area contributed by atoms with E-state index in [1.54, 1.807) is 0 Å². The first kappa shape index (κ1) is 18.2. The maximum atomic E-state index is 14.8. The smallest absolute Gasteiger partial charge is 0.398 e. The van der Waals surface area contributed by atoms with Crippen LogP contribution in [-0.2, 0) is 9.31 Å². The molecule has 0 aromatic carbocycles. The van der Waals surface area contributed by atoms with Crippen molar-refractivity contribution in [1.29, 1.82) is 0 Å². The van der Waals surface area contributed by atoms with Gasteiger partial charge in [0.1, 0.15) is 5.73 Å². The van der Waals surface area contributed by atoms with Crippen molar-refractivity contribution in [3.63, 3.8) is 0 Å². The molecule has 1 aromatic heterocycles. The Morgan fingerprint density at radius 3 is 2.04 bits per heavy atom. The van der Waals surface area contributed by atoms with Crippen molar-refractivity contribution in [2.75, 3.05) is 0 Å². The van der Waals surface area contributed by atoms with Gasteiger partial charge in [0.05, 0.1) is 16.9 Å². The van der Waals surface area contributed by atoms with Gasteiger partial charge in [-0.05, 0) is 45.6 Å². The molecule has 0 bridgehead atoms. The summed E-state index contributed by atoms with van der Waals surface area (Å²) in [6, 6.07) is 0. The summed E-state index contributed by atoms with van der Waals surface area (Å²) >= 11 is 0. The summed E-state index contributed by atoms with van der Waals surface area (Å²) in [6.07, 6.45) is 1.51. The molecule has 0 amide bonds. The van der Waals surface area contributed by atoms with Gasteiger partial charge in [-0.25, -0.2) is 4.39 Å². The second-order valence-corrected chi connectivity index (χ2v) is 7.86. The number of rotatable bonds is 4. The predicted molar refractivity (Wildman–Crippen MR) is 91.9 cm³/mol. The highest BCUT2D eigenvalue weighted by Crippen LogP contribution is 2.39. The Morgan fingerprint density at radius 1 is 1.09 bits per heavy atom. The fourth-order valence-electron chi connectivity index (χ4n) is 2.57. The molecule has 0 atom stereocenters. The van der Waals surface area contributed by atoms with Gasteiger partial charge in [-0.2, -0.15) is 5.10 Å². The van der Waals surface area contributed by atoms with Crippen LogP contribution >= 0.6 is 0 Å². The van der Waals surface area contributed by atoms with E-state index in [4.69, 9.17) is 9.31 Å². The average molecular weight is 322 g/mol. The molecule has 1 N–H and O–H groups in total. The highest BCUT2D eigenvalue weighted by Gasteiger charge is 2.53. The number of aromatic amines is 1. The number of H-pyrrole nitrogens is 1. The van der Waals surface area contributed by atoms with Crippen LogP contribution in [0.3, 0.4) is 0 Å². The van der Waals surface area contributed by atoms with Crippen molar-refractivity contribution in [1.82, 2.24) is 10.2 Å². The second kappa shape index (κ2) is 6.06. The summed E-state index contributed by atoms with van der Waals surface area (Å²) in [4.78, 5) is 0. The predicted octanol–water partition coefficient (Wildman–Crippen LogP) is 4.60. The molecule has 0 radical (unpaired) electrons. The topological polar surface area (TPSA) is 47.1 Å². The van der Waals surface area contributed by atoms with Crippen molar-refractivity contribution in [2.45, 2.75) is 78.4 Å². The van der Waals surface area contributed by atoms with E-state index in [-0.39, 0.29) is 11.8 Å². The monoisotopic (exact) mass is 322 g/mol. The molecular formula is C17H28BFN2O2. The summed E-state index contributed by atoms with van der Waals surface area (Å²) in [6.45, 7) is 15.9. The Bertz CT molecular complexity index is 564. The Labute approximate surface area is 139 Å². The van der Waals surface area contributed by atoms with E-state index in [9.17, 15) is 4.39 Å². The molecule has 0 unspecified atom stereocenters. The van der Waals surface area contributed by atoms with Crippen molar-refractivity contribution in [2.24, 2.45) is 0 Å². The fraction of sp³-hybridized carbons (Fsp3) is 0.706. The van der Waals surface area contributed by atoms with Crippen LogP contribution < -0.4 is 0 Å². The van der Waals surface area contributed by atoms with Gasteiger partial charge in [-0.1, -0.05) is 27.7 Å². The minimum atomic E-state index is -0.977. The Kier molecular flexibility index (Phi) is 4.80. The number of hydrogen-bond acceptors (Lipinski definition) is 3. The molecular weight excluding hydrogens is 294 g/mol. The lowest BCUT2D eigenvalue weighted by molar-refractivity contribution is 0.00578. The third-order valence-electron chi connectivity index (χ3n) is 4.75. The molecule has 4 nitrogen and oxygen atoms in total. The van der Waals surface area contributed by atoms with Crippen LogP contribution in [0.5, 0.6) is 0 Å². The molecule has 0 saturated carbocycles. The number of nitrogens with one attached hydrogen (secondary N) is 1. The number of hydrogen-bond donors (Lipinski definition) is 1. The molecule has 1 aliphatic rings. The standard InChI is InChI=1S/C17H28BFN2O2/c1-10(2)14-12(15(11(3)4)21-20-14)9-13(19)18-22-16(5,6)17(7,8)23-18/h9-11H,1-8H3,(H,20,21). The van der Waals surface area contributed by atoms with Crippen LogP contribution in [0.4, 0.5) is 4.39 Å². The largest absolute Gasteiger partial charge is 0.525 e. The molecule has 0 spiro atoms. The first-order chi connectivity index (χ1) is 10.5. The summed E-state index contributed by atoms with van der Waals surface area (Å²) < 4.78 is 26.4. The van der Waals surface area contributed by atoms with E-state index < -0.39 is 24.0 Å². The van der Waals surface area contributed by atoms with Crippen LogP contribution in [-0.4, -0.2) is 28.5 Å². The third-order valence-corrected chi connectivity index (χ3v) is 4.75. The van der Waals surface area contributed by atoms with Crippen LogP contribution in [0.15, 0.2) is 5.73 Å². The zero-order chi connectivity index (χ0) is 17.6. The Morgan fingerprint density at radius 2 is 1.61 bits per heavy atom. The molecule has 2 heterocycles. The van der Waals surface area contributed by atoms with E-state index in [1.165, 1.54) is 6.08 Å². The molecule has 1 fully saturated rings. The molecule has 6 heteroatoms. The quantitative estimate of drug-likeness (QED) is 0.824. The van der Waals surface area contributed by atoms with E-state index in [2.05, 4.69) is 24.0 Å². The molecule has 1 saturated heterocycles. The second-order valence-electron chi connectivity index (χ2n) is 7.86. The SMILES string of the molecule is CC(C)c1n[nH]c(C(C)C)c1C=C(F)B1OC(C)(C)C(C)(C)O1. The maximum Gasteiger partial charge on any atom is 0.525 e. The van der Waals surface area contributed by atoms with E-state index in [1.807, 2.05) is 41.5 Å². The lowest BCUT2D eigenvalue weighted by Crippen LogP contribution is -2.41. The van der Waals surface area contributed by atoms with Crippen molar-refractivity contribution >= 4 is 13.2 Å². The highest BCUT2D eigenvalue weighted by atomic mass is 19.1. The minimum Gasteiger partial charge on any atom is -0.398 e. The number of aromatic nitrogens is 2. The summed E-state index contributed by atoms with van der Waals surface area (Å²) in [7, 11) is -0.977. The normalized spacial score (nSPS) is 20.8. The van der Waals surface area contributed by atoms with Gasteiger partial charge in [0.25, 0.3) is 0 Å². The van der Waals surface area contributed by atoms with Gasteiger partial charge in [0.15, 0.2) is 0 Å². The minimum absolute atomic E-state index is 0.205. The highest BCUT2D eigenvalue weighted by molar-refractivity contribution is 6.54. The molecule has 128 valence electrons. The lowest BCUT2D eigenvalue weighted by Gasteiger charge is -2.32. The summed E-state index contributed by atoms with van der Waals surface area (Å²) in [5, 5.41) is 7.40. The first-order valence-corrected chi connectivity index (χ1v) is 8.27. The average Bonchev–Trinajstić information content (AvgIpc) is 2.89. The summed E-state index contributed by atoms with van der Waals surface area (Å²) in [5.74, 6) is 0.434. The Hall–Kier alpha value is -1.14. The zero-order valence-corrected chi connectivity index (χ0v) is 15.5. The van der Waals surface area contributed by atoms with Crippen LogP contribution in [0, 0.1) is 0 Å². The van der Waals surface area contributed by atoms with E-state index >= 15 is 0 Å². The van der Waals surface area contributed by atoms with Crippen LogP contribution in [0.2, 0.25) is 0 Å². The maximum absolute atomic E-state index is 14.8. The Balaban J connectivity index is 2.37. The van der Waals surface area contributed by atoms with Gasteiger partial charge in [-0.3, -0.25) is 5.10 Å². The van der Waals surface area contributed by atoms with Crippen molar-refractivity contribution < 1.29 is 13.7 Å². The third kappa shape index (κ3) is 3.38. The van der Waals surface area contributed by atoms with Crippen molar-refractivity contribution in [3.8, 4) is 0 Å². The first-order valence-electron chi connectivity index (χ1n) is 8.27. The number of nitrogens with zero attached hydrogens (tertiary/aromatic N) is 1. The molecule has 2 rings (SSSR count). The van der Waals surface area contributed by atoms with Gasteiger partial charge in [-0.15, -0.1) is 0 Å². The van der Waals surface area contributed by atoms with E-state index in [0.29, 0.717) is 0 Å². The van der Waals surface area contributed by atoms with Crippen LogP contribution in [0.25, 0.3) is 6.08 Å². The lowest BCUT2D eigenvalue weighted by atomic mass is 9.85. The van der Waals surface area contributed by atoms with Gasteiger partial charge in [0.2, 0.25) is 0 Å². The summed E-state index contributed by atoms with van der Waals surface area (Å²) in [5.41, 5.74) is 1.07.